The van der Waals surface area contributed by atoms with Gasteiger partial charge in [-0.3, -0.25) is 9.78 Å². The zero-order valence-electron chi connectivity index (χ0n) is 12.2. The van der Waals surface area contributed by atoms with Gasteiger partial charge < -0.3 is 4.90 Å². The minimum atomic E-state index is -0.0357. The van der Waals surface area contributed by atoms with E-state index in [1.54, 1.807) is 0 Å². The van der Waals surface area contributed by atoms with Gasteiger partial charge in [0.05, 0.1) is 12.4 Å². The lowest BCUT2D eigenvalue weighted by Crippen LogP contribution is -2.38. The van der Waals surface area contributed by atoms with E-state index in [0.29, 0.717) is 17.2 Å². The highest BCUT2D eigenvalue weighted by Crippen LogP contribution is 2.52. The number of aromatic nitrogens is 2. The molecule has 4 nitrogen and oxygen atoms in total. The van der Waals surface area contributed by atoms with Crippen molar-refractivity contribution in [3.05, 3.63) is 23.2 Å². The zero-order chi connectivity index (χ0) is 14.5. The Kier molecular flexibility index (Phi) is 3.05. The molecule has 108 valence electrons. The number of halogens is 1. The fourth-order valence-corrected chi connectivity index (χ4v) is 4.44. The van der Waals surface area contributed by atoms with Gasteiger partial charge in [0, 0.05) is 12.6 Å². The zero-order valence-corrected chi connectivity index (χ0v) is 12.9. The number of carbonyl (C=O) groups is 1. The van der Waals surface area contributed by atoms with E-state index in [1.807, 2.05) is 4.90 Å². The second-order valence-corrected chi connectivity index (χ2v) is 7.76. The third kappa shape index (κ3) is 2.41. The van der Waals surface area contributed by atoms with Gasteiger partial charge in [0.1, 0.15) is 10.8 Å². The molecular formula is C15H20ClN3O. The highest BCUT2D eigenvalue weighted by Gasteiger charge is 2.51. The molecule has 5 heteroatoms. The number of nitrogens with zero attached hydrogens (tertiary/aromatic N) is 3. The number of fused-ring (bicyclic) bond motifs is 2. The summed E-state index contributed by atoms with van der Waals surface area (Å²) in [7, 11) is 0. The van der Waals surface area contributed by atoms with Crippen molar-refractivity contribution in [3.8, 4) is 0 Å². The second kappa shape index (κ2) is 4.42. The third-order valence-electron chi connectivity index (χ3n) is 4.50. The first-order valence-electron chi connectivity index (χ1n) is 7.07. The first-order valence-corrected chi connectivity index (χ1v) is 7.44. The average Bonchev–Trinajstić information content (AvgIpc) is 2.57. The molecule has 2 bridgehead atoms. The summed E-state index contributed by atoms with van der Waals surface area (Å²) in [5.74, 6) is -0.0357. The summed E-state index contributed by atoms with van der Waals surface area (Å²) < 4.78 is 0. The van der Waals surface area contributed by atoms with E-state index >= 15 is 0 Å². The molecule has 1 aliphatic heterocycles. The Morgan fingerprint density at radius 3 is 2.80 bits per heavy atom. The van der Waals surface area contributed by atoms with Crippen LogP contribution in [0.3, 0.4) is 0 Å². The average molecular weight is 294 g/mol. The van der Waals surface area contributed by atoms with Gasteiger partial charge in [-0.2, -0.15) is 0 Å². The molecule has 1 saturated heterocycles. The van der Waals surface area contributed by atoms with Gasteiger partial charge in [-0.05, 0) is 30.1 Å². The van der Waals surface area contributed by atoms with Crippen LogP contribution in [-0.4, -0.2) is 33.4 Å². The molecule has 1 saturated carbocycles. The van der Waals surface area contributed by atoms with Crippen LogP contribution in [-0.2, 0) is 0 Å². The van der Waals surface area contributed by atoms with Gasteiger partial charge in [-0.15, -0.1) is 0 Å². The first kappa shape index (κ1) is 13.8. The fourth-order valence-electron chi connectivity index (χ4n) is 4.29. The number of hydrogen-bond acceptors (Lipinski definition) is 3. The van der Waals surface area contributed by atoms with Crippen LogP contribution in [0, 0.1) is 10.8 Å². The van der Waals surface area contributed by atoms with E-state index in [0.717, 1.165) is 19.4 Å². The lowest BCUT2D eigenvalue weighted by atomic mass is 9.65. The molecule has 3 rings (SSSR count). The minimum absolute atomic E-state index is 0.0357. The predicted molar refractivity (Wildman–Crippen MR) is 77.6 cm³/mol. The van der Waals surface area contributed by atoms with Gasteiger partial charge in [0.15, 0.2) is 0 Å². The van der Waals surface area contributed by atoms with Gasteiger partial charge >= 0.3 is 0 Å². The normalized spacial score (nSPS) is 31.4. The summed E-state index contributed by atoms with van der Waals surface area (Å²) in [6, 6.07) is 0.317. The Labute approximate surface area is 124 Å². The van der Waals surface area contributed by atoms with E-state index in [-0.39, 0.29) is 16.5 Å². The second-order valence-electron chi connectivity index (χ2n) is 7.37. The van der Waals surface area contributed by atoms with Gasteiger partial charge in [-0.1, -0.05) is 32.4 Å². The lowest BCUT2D eigenvalue weighted by Gasteiger charge is -2.39. The fraction of sp³-hybridized carbons (Fsp3) is 0.667. The summed E-state index contributed by atoms with van der Waals surface area (Å²) >= 11 is 5.84. The Bertz CT molecular complexity index is 560. The van der Waals surface area contributed by atoms with Crippen LogP contribution in [0.25, 0.3) is 0 Å². The molecular weight excluding hydrogens is 274 g/mol. The largest absolute Gasteiger partial charge is 0.334 e. The van der Waals surface area contributed by atoms with Gasteiger partial charge in [-0.25, -0.2) is 4.98 Å². The maximum Gasteiger partial charge on any atom is 0.274 e. The van der Waals surface area contributed by atoms with Crippen LogP contribution in [0.2, 0.25) is 5.15 Å². The van der Waals surface area contributed by atoms with Gasteiger partial charge in [0.25, 0.3) is 5.91 Å². The van der Waals surface area contributed by atoms with Crippen molar-refractivity contribution in [2.45, 2.75) is 46.1 Å². The van der Waals surface area contributed by atoms with Crippen molar-refractivity contribution in [1.29, 1.82) is 0 Å². The molecule has 2 atom stereocenters. The van der Waals surface area contributed by atoms with E-state index in [9.17, 15) is 4.79 Å². The molecule has 0 spiro atoms. The number of amides is 1. The highest BCUT2D eigenvalue weighted by atomic mass is 35.5. The lowest BCUT2D eigenvalue weighted by molar-refractivity contribution is 0.0702. The van der Waals surface area contributed by atoms with Crippen LogP contribution in [0.5, 0.6) is 0 Å². The molecule has 2 fully saturated rings. The van der Waals surface area contributed by atoms with Gasteiger partial charge in [0.2, 0.25) is 0 Å². The number of likely N-dealkylation sites (tertiary alicyclic amines) is 1. The summed E-state index contributed by atoms with van der Waals surface area (Å²) in [6.45, 7) is 7.70. The first-order chi connectivity index (χ1) is 9.28. The Balaban J connectivity index is 1.87. The summed E-state index contributed by atoms with van der Waals surface area (Å²) in [5, 5.41) is 0.268. The smallest absolute Gasteiger partial charge is 0.274 e. The predicted octanol–water partition coefficient (Wildman–Crippen LogP) is 3.17. The van der Waals surface area contributed by atoms with E-state index in [4.69, 9.17) is 11.6 Å². The van der Waals surface area contributed by atoms with Crippen LogP contribution in [0.1, 0.15) is 50.5 Å². The molecule has 1 aromatic heterocycles. The van der Waals surface area contributed by atoms with Crippen LogP contribution < -0.4 is 0 Å². The van der Waals surface area contributed by atoms with E-state index < -0.39 is 0 Å². The summed E-state index contributed by atoms with van der Waals surface area (Å²) in [6.07, 6.45) is 6.27. The standard InChI is InChI=1S/C15H20ClN3O/c1-14(2)4-10-5-15(3,8-14)9-19(10)13(20)11-6-17-7-12(16)18-11/h6-7,10H,4-5,8-9H2,1-3H3. The van der Waals surface area contributed by atoms with Crippen molar-refractivity contribution in [2.24, 2.45) is 10.8 Å². The number of carbonyl (C=O) groups excluding carboxylic acids is 1. The molecule has 2 heterocycles. The van der Waals surface area contributed by atoms with Crippen molar-refractivity contribution in [2.75, 3.05) is 6.54 Å². The topological polar surface area (TPSA) is 46.1 Å². The molecule has 20 heavy (non-hydrogen) atoms. The van der Waals surface area contributed by atoms with Crippen molar-refractivity contribution in [3.63, 3.8) is 0 Å². The van der Waals surface area contributed by atoms with E-state index in [1.165, 1.54) is 18.8 Å². The summed E-state index contributed by atoms with van der Waals surface area (Å²) in [5.41, 5.74) is 0.882. The van der Waals surface area contributed by atoms with E-state index in [2.05, 4.69) is 30.7 Å². The monoisotopic (exact) mass is 293 g/mol. The molecule has 1 aliphatic carbocycles. The third-order valence-corrected chi connectivity index (χ3v) is 4.68. The molecule has 1 aromatic rings. The summed E-state index contributed by atoms with van der Waals surface area (Å²) in [4.78, 5) is 22.7. The Morgan fingerprint density at radius 2 is 2.10 bits per heavy atom. The number of hydrogen-bond donors (Lipinski definition) is 0. The van der Waals surface area contributed by atoms with Crippen LogP contribution in [0.4, 0.5) is 0 Å². The minimum Gasteiger partial charge on any atom is -0.334 e. The molecule has 2 unspecified atom stereocenters. The highest BCUT2D eigenvalue weighted by molar-refractivity contribution is 6.29. The quantitative estimate of drug-likeness (QED) is 0.799. The van der Waals surface area contributed by atoms with Crippen LogP contribution >= 0.6 is 11.6 Å². The van der Waals surface area contributed by atoms with Crippen molar-refractivity contribution in [1.82, 2.24) is 14.9 Å². The molecule has 0 radical (unpaired) electrons. The number of rotatable bonds is 1. The van der Waals surface area contributed by atoms with Crippen LogP contribution in [0.15, 0.2) is 12.4 Å². The van der Waals surface area contributed by atoms with Crippen molar-refractivity contribution >= 4 is 17.5 Å². The SMILES string of the molecule is CC1(C)CC2CC(C)(CN2C(=O)c2cncc(Cl)n2)C1. The Hall–Kier alpha value is -1.16. The van der Waals surface area contributed by atoms with Crippen molar-refractivity contribution < 1.29 is 4.79 Å². The molecule has 0 N–H and O–H groups in total. The molecule has 0 aromatic carbocycles. The molecule has 1 amide bonds. The molecule has 2 aliphatic rings. The maximum absolute atomic E-state index is 12.7. The maximum atomic E-state index is 12.7. The Morgan fingerprint density at radius 1 is 1.35 bits per heavy atom.